The van der Waals surface area contributed by atoms with Gasteiger partial charge in [0.25, 0.3) is 0 Å². The Morgan fingerprint density at radius 2 is 1.61 bits per heavy atom. The van der Waals surface area contributed by atoms with Gasteiger partial charge in [-0.1, -0.05) is 17.7 Å². The van der Waals surface area contributed by atoms with E-state index in [1.165, 1.54) is 28.5 Å². The van der Waals surface area contributed by atoms with Crippen LogP contribution in [-0.2, 0) is 10.2 Å². The van der Waals surface area contributed by atoms with Crippen LogP contribution >= 0.6 is 12.4 Å². The van der Waals surface area contributed by atoms with Crippen molar-refractivity contribution in [2.24, 2.45) is 0 Å². The van der Waals surface area contributed by atoms with Crippen LogP contribution in [0, 0.1) is 20.8 Å². The van der Waals surface area contributed by atoms with Crippen LogP contribution in [0.25, 0.3) is 0 Å². The topological polar surface area (TPSA) is 29.1 Å². The van der Waals surface area contributed by atoms with Crippen LogP contribution in [-0.4, -0.2) is 19.4 Å². The van der Waals surface area contributed by atoms with Crippen LogP contribution in [0.15, 0.2) is 12.1 Å². The Kier molecular flexibility index (Phi) is 4.94. The third-order valence-electron chi connectivity index (χ3n) is 3.90. The molecule has 2 rings (SSSR count). The molecule has 0 aromatic heterocycles. The lowest BCUT2D eigenvalue weighted by Gasteiger charge is -2.35. The Morgan fingerprint density at radius 1 is 1.11 bits per heavy atom. The van der Waals surface area contributed by atoms with Crippen molar-refractivity contribution in [1.29, 1.82) is 0 Å². The molecule has 0 amide bonds. The maximum Gasteiger partial charge on any atom is 0.130 e. The second-order valence-electron chi connectivity index (χ2n) is 5.30. The Balaban J connectivity index is 0.00000162. The minimum Gasteiger partial charge on any atom is -0.317 e. The number of hydrogen-bond donors (Lipinski definition) is 1. The summed E-state index contributed by atoms with van der Waals surface area (Å²) in [5.74, 6) is 0. The zero-order valence-electron chi connectivity index (χ0n) is 11.4. The van der Waals surface area contributed by atoms with Gasteiger partial charge in [0.2, 0.25) is 0 Å². The third kappa shape index (κ3) is 2.60. The maximum absolute atomic E-state index is 11.6. The number of aldehydes is 1. The standard InChI is InChI=1S/C15H21NO.ClH/c1-11-8-12(2)14(13(3)9-11)15(10-17)4-6-16-7-5-15;/h8-10,16H,4-7H2,1-3H3;1H. The summed E-state index contributed by atoms with van der Waals surface area (Å²) in [5, 5.41) is 3.33. The number of hydrogen-bond acceptors (Lipinski definition) is 2. The summed E-state index contributed by atoms with van der Waals surface area (Å²) in [6, 6.07) is 4.38. The van der Waals surface area contributed by atoms with E-state index in [0.717, 1.165) is 25.9 Å². The summed E-state index contributed by atoms with van der Waals surface area (Å²) >= 11 is 0. The summed E-state index contributed by atoms with van der Waals surface area (Å²) in [4.78, 5) is 11.6. The quantitative estimate of drug-likeness (QED) is 0.835. The van der Waals surface area contributed by atoms with E-state index in [9.17, 15) is 4.79 Å². The second kappa shape index (κ2) is 5.85. The van der Waals surface area contributed by atoms with Gasteiger partial charge in [0.15, 0.2) is 0 Å². The first-order valence-electron chi connectivity index (χ1n) is 6.34. The van der Waals surface area contributed by atoms with Crippen LogP contribution in [0.4, 0.5) is 0 Å². The molecule has 1 fully saturated rings. The summed E-state index contributed by atoms with van der Waals surface area (Å²) < 4.78 is 0. The Morgan fingerprint density at radius 3 is 2.06 bits per heavy atom. The summed E-state index contributed by atoms with van der Waals surface area (Å²) in [6.07, 6.45) is 3.01. The van der Waals surface area contributed by atoms with E-state index in [1.54, 1.807) is 0 Å². The summed E-state index contributed by atoms with van der Waals surface area (Å²) in [7, 11) is 0. The number of aryl methyl sites for hydroxylation is 3. The highest BCUT2D eigenvalue weighted by Crippen LogP contribution is 2.36. The molecule has 1 N–H and O–H groups in total. The molecule has 0 atom stereocenters. The molecule has 0 aliphatic carbocycles. The van der Waals surface area contributed by atoms with E-state index in [4.69, 9.17) is 0 Å². The fourth-order valence-electron chi connectivity index (χ4n) is 3.27. The number of halogens is 1. The van der Waals surface area contributed by atoms with Gasteiger partial charge >= 0.3 is 0 Å². The second-order valence-corrected chi connectivity index (χ2v) is 5.30. The number of rotatable bonds is 2. The summed E-state index contributed by atoms with van der Waals surface area (Å²) in [6.45, 7) is 8.24. The first-order chi connectivity index (χ1) is 8.09. The van der Waals surface area contributed by atoms with Crippen LogP contribution < -0.4 is 5.32 Å². The van der Waals surface area contributed by atoms with Gasteiger partial charge in [-0.05, 0) is 63.4 Å². The number of benzene rings is 1. The number of carbonyl (C=O) groups is 1. The molecule has 0 spiro atoms. The molecule has 3 heteroatoms. The fraction of sp³-hybridized carbons (Fsp3) is 0.533. The molecule has 0 radical (unpaired) electrons. The average molecular weight is 268 g/mol. The molecule has 2 nitrogen and oxygen atoms in total. The molecule has 0 saturated carbocycles. The zero-order valence-corrected chi connectivity index (χ0v) is 12.2. The highest BCUT2D eigenvalue weighted by atomic mass is 35.5. The SMILES string of the molecule is Cc1cc(C)c(C2(C=O)CCNCC2)c(C)c1.Cl. The predicted molar refractivity (Wildman–Crippen MR) is 77.7 cm³/mol. The van der Waals surface area contributed by atoms with E-state index in [0.29, 0.717) is 0 Å². The molecule has 1 aromatic rings. The number of nitrogens with one attached hydrogen (secondary N) is 1. The van der Waals surface area contributed by atoms with Crippen molar-refractivity contribution >= 4 is 18.7 Å². The lowest BCUT2D eigenvalue weighted by molar-refractivity contribution is -0.113. The van der Waals surface area contributed by atoms with Crippen molar-refractivity contribution < 1.29 is 4.79 Å². The first kappa shape index (κ1) is 15.2. The molecule has 1 aliphatic heterocycles. The normalized spacial score (nSPS) is 17.9. The van der Waals surface area contributed by atoms with Gasteiger partial charge in [0.05, 0.1) is 5.41 Å². The van der Waals surface area contributed by atoms with E-state index < -0.39 is 0 Å². The van der Waals surface area contributed by atoms with Crippen LogP contribution in [0.5, 0.6) is 0 Å². The highest BCUT2D eigenvalue weighted by molar-refractivity contribution is 5.85. The molecule has 1 saturated heterocycles. The molecular formula is C15H22ClNO. The summed E-state index contributed by atoms with van der Waals surface area (Å²) in [5.41, 5.74) is 4.80. The fourth-order valence-corrected chi connectivity index (χ4v) is 3.27. The molecule has 0 unspecified atom stereocenters. The van der Waals surface area contributed by atoms with Gasteiger partial charge in [-0.3, -0.25) is 0 Å². The van der Waals surface area contributed by atoms with Gasteiger partial charge in [-0.2, -0.15) is 0 Å². The predicted octanol–water partition coefficient (Wildman–Crippen LogP) is 2.85. The number of piperidine rings is 1. The average Bonchev–Trinajstić information content (AvgIpc) is 2.28. The minimum absolute atomic E-state index is 0. The molecule has 100 valence electrons. The molecule has 0 bridgehead atoms. The first-order valence-corrected chi connectivity index (χ1v) is 6.34. The monoisotopic (exact) mass is 267 g/mol. The number of carbonyl (C=O) groups excluding carboxylic acids is 1. The van der Waals surface area contributed by atoms with Crippen molar-refractivity contribution in [3.63, 3.8) is 0 Å². The smallest absolute Gasteiger partial charge is 0.130 e. The van der Waals surface area contributed by atoms with Crippen molar-refractivity contribution in [2.75, 3.05) is 13.1 Å². The van der Waals surface area contributed by atoms with Gasteiger partial charge in [-0.15, -0.1) is 12.4 Å². The Bertz CT molecular complexity index is 413. The van der Waals surface area contributed by atoms with Gasteiger partial charge < -0.3 is 10.1 Å². The van der Waals surface area contributed by atoms with Crippen LogP contribution in [0.2, 0.25) is 0 Å². The van der Waals surface area contributed by atoms with Crippen LogP contribution in [0.3, 0.4) is 0 Å². The zero-order chi connectivity index (χ0) is 12.5. The van der Waals surface area contributed by atoms with Crippen molar-refractivity contribution in [3.05, 3.63) is 34.4 Å². The Hall–Kier alpha value is -0.860. The van der Waals surface area contributed by atoms with Gasteiger partial charge in [0, 0.05) is 0 Å². The molecule has 1 aliphatic rings. The van der Waals surface area contributed by atoms with E-state index in [2.05, 4.69) is 38.2 Å². The largest absolute Gasteiger partial charge is 0.317 e. The van der Waals surface area contributed by atoms with E-state index in [1.807, 2.05) is 0 Å². The molecule has 1 heterocycles. The molecular weight excluding hydrogens is 246 g/mol. The van der Waals surface area contributed by atoms with E-state index in [-0.39, 0.29) is 17.8 Å². The lowest BCUT2D eigenvalue weighted by atomic mass is 9.71. The van der Waals surface area contributed by atoms with E-state index >= 15 is 0 Å². The third-order valence-corrected chi connectivity index (χ3v) is 3.90. The molecule has 1 aromatic carbocycles. The minimum atomic E-state index is -0.257. The Labute approximate surface area is 116 Å². The van der Waals surface area contributed by atoms with Crippen molar-refractivity contribution in [1.82, 2.24) is 5.32 Å². The van der Waals surface area contributed by atoms with Gasteiger partial charge in [0.1, 0.15) is 6.29 Å². The van der Waals surface area contributed by atoms with Crippen molar-refractivity contribution in [2.45, 2.75) is 39.0 Å². The maximum atomic E-state index is 11.6. The molecule has 18 heavy (non-hydrogen) atoms. The lowest BCUT2D eigenvalue weighted by Crippen LogP contribution is -2.42. The van der Waals surface area contributed by atoms with Crippen molar-refractivity contribution in [3.8, 4) is 0 Å². The highest BCUT2D eigenvalue weighted by Gasteiger charge is 2.35. The van der Waals surface area contributed by atoms with Gasteiger partial charge in [-0.25, -0.2) is 0 Å². The van der Waals surface area contributed by atoms with Crippen LogP contribution in [0.1, 0.15) is 35.1 Å².